The Labute approximate surface area is 305 Å². The third-order valence-electron chi connectivity index (χ3n) is 8.82. The number of esters is 4. The molecule has 14 heteroatoms. The average Bonchev–Trinajstić information content (AvgIpc) is 3.15. The first-order chi connectivity index (χ1) is 25.9. The van der Waals surface area contributed by atoms with Crippen LogP contribution in [0.5, 0.6) is 23.0 Å². The van der Waals surface area contributed by atoms with E-state index in [9.17, 15) is 28.8 Å². The lowest BCUT2D eigenvalue weighted by Crippen LogP contribution is -2.56. The lowest BCUT2D eigenvalue weighted by Gasteiger charge is -2.46. The molecule has 2 N–H and O–H groups in total. The van der Waals surface area contributed by atoms with Crippen molar-refractivity contribution in [2.24, 2.45) is 0 Å². The van der Waals surface area contributed by atoms with E-state index in [-0.39, 0.29) is 48.0 Å². The molecule has 0 bridgehead atoms. The van der Waals surface area contributed by atoms with Gasteiger partial charge in [-0.25, -0.2) is 28.8 Å². The van der Waals surface area contributed by atoms with Crippen LogP contribution in [-0.2, 0) is 38.1 Å². The van der Waals surface area contributed by atoms with E-state index in [0.717, 1.165) is 0 Å². The second-order valence-corrected chi connectivity index (χ2v) is 12.5. The quantitative estimate of drug-likeness (QED) is 0.116. The van der Waals surface area contributed by atoms with Crippen molar-refractivity contribution in [1.82, 2.24) is 0 Å². The summed E-state index contributed by atoms with van der Waals surface area (Å²) in [6.07, 6.45) is 2.23. The van der Waals surface area contributed by atoms with Crippen molar-refractivity contribution < 1.29 is 67.4 Å². The van der Waals surface area contributed by atoms with Crippen LogP contribution in [-0.4, -0.2) is 57.6 Å². The van der Waals surface area contributed by atoms with Crippen molar-refractivity contribution >= 4 is 48.0 Å². The van der Waals surface area contributed by atoms with E-state index in [1.807, 2.05) is 0 Å². The molecule has 2 spiro atoms. The normalized spacial score (nSPS) is 20.7. The molecule has 0 radical (unpaired) electrons. The maximum atomic E-state index is 13.0. The monoisotopic (exact) mass is 732 g/mol. The lowest BCUT2D eigenvalue weighted by atomic mass is 9.87. The van der Waals surface area contributed by atoms with Crippen molar-refractivity contribution in [3.8, 4) is 23.0 Å². The first-order valence-electron chi connectivity index (χ1n) is 16.5. The summed E-state index contributed by atoms with van der Waals surface area (Å²) in [7, 11) is 0. The molecule has 14 nitrogen and oxygen atoms in total. The van der Waals surface area contributed by atoms with Gasteiger partial charge in [0.2, 0.25) is 0 Å². The summed E-state index contributed by atoms with van der Waals surface area (Å²) in [5.74, 6) is -7.32. The number of benzene rings is 4. The lowest BCUT2D eigenvalue weighted by molar-refractivity contribution is -0.291. The topological polar surface area (TPSA) is 198 Å². The van der Waals surface area contributed by atoms with Gasteiger partial charge in [-0.05, 0) is 96.1 Å². The second-order valence-electron chi connectivity index (χ2n) is 12.5. The van der Waals surface area contributed by atoms with Crippen molar-refractivity contribution in [3.05, 3.63) is 130 Å². The smallest absolute Gasteiger partial charge is 0.348 e. The molecule has 272 valence electrons. The Kier molecular flexibility index (Phi) is 9.17. The molecular formula is C40H28O14. The highest BCUT2D eigenvalue weighted by molar-refractivity contribution is 6.19. The van der Waals surface area contributed by atoms with Crippen molar-refractivity contribution in [1.29, 1.82) is 0 Å². The number of rotatable bonds is 8. The van der Waals surface area contributed by atoms with Gasteiger partial charge in [0.1, 0.15) is 34.1 Å². The Morgan fingerprint density at radius 2 is 0.722 bits per heavy atom. The van der Waals surface area contributed by atoms with Crippen LogP contribution in [0.25, 0.3) is 12.2 Å². The molecule has 4 aromatic rings. The fourth-order valence-corrected chi connectivity index (χ4v) is 5.96. The molecule has 0 atom stereocenters. The summed E-state index contributed by atoms with van der Waals surface area (Å²) in [6, 6.07) is 24.5. The minimum absolute atomic E-state index is 0.0999. The van der Waals surface area contributed by atoms with Gasteiger partial charge in [-0.1, -0.05) is 24.3 Å². The molecule has 0 amide bonds. The summed E-state index contributed by atoms with van der Waals surface area (Å²) in [5.41, 5.74) is 0.519. The highest BCUT2D eigenvalue weighted by atomic mass is 16.8. The molecular weight excluding hydrogens is 704 g/mol. The molecule has 4 aromatic carbocycles. The van der Waals surface area contributed by atoms with Crippen LogP contribution in [0.1, 0.15) is 57.5 Å². The fraction of sp³-hybridized carbons (Fsp3) is 0.150. The van der Waals surface area contributed by atoms with Crippen LogP contribution in [0.15, 0.2) is 108 Å². The Morgan fingerprint density at radius 1 is 0.463 bits per heavy atom. The minimum Gasteiger partial charge on any atom is -0.478 e. The Balaban J connectivity index is 0.938. The first-order valence-corrected chi connectivity index (χ1v) is 16.5. The number of aromatic carboxylic acids is 2. The van der Waals surface area contributed by atoms with Crippen LogP contribution < -0.4 is 9.47 Å². The van der Waals surface area contributed by atoms with E-state index in [1.54, 1.807) is 48.5 Å². The summed E-state index contributed by atoms with van der Waals surface area (Å²) < 4.78 is 33.9. The number of carboxylic acid groups (broad SMARTS) is 2. The zero-order chi connectivity index (χ0) is 38.0. The molecule has 3 aliphatic rings. The van der Waals surface area contributed by atoms with Crippen molar-refractivity contribution in [2.75, 3.05) is 0 Å². The number of ether oxygens (including phenoxy) is 6. The first kappa shape index (κ1) is 35.2. The predicted octanol–water partition coefficient (Wildman–Crippen LogP) is 6.30. The summed E-state index contributed by atoms with van der Waals surface area (Å²) in [4.78, 5) is 74.2. The third kappa shape index (κ3) is 7.53. The number of carbonyl (C=O) groups excluding carboxylic acids is 4. The molecule has 0 aromatic heterocycles. The number of hydrogen-bond acceptors (Lipinski definition) is 12. The Bertz CT molecular complexity index is 2020. The standard InChI is InChI=1S/C40H28O14/c41-33(42)25-5-13-29(14-6-25)49-27-9-1-23(2-10-27)21-31-35(45)51-39(52-36(31)46)17-19-40(20-18-39)53-37(47)32(38(48)54-40)22-24-3-11-28(12-4-24)50-30-15-7-26(8-16-30)34(43)44/h1-16,21-22H,17-20H2,(H,41,42)(H,43,44). The predicted molar refractivity (Wildman–Crippen MR) is 184 cm³/mol. The summed E-state index contributed by atoms with van der Waals surface area (Å²) in [6.45, 7) is 0. The molecule has 54 heavy (non-hydrogen) atoms. The molecule has 2 saturated heterocycles. The van der Waals surface area contributed by atoms with E-state index in [1.165, 1.54) is 60.7 Å². The number of carboxylic acids is 2. The van der Waals surface area contributed by atoms with Crippen molar-refractivity contribution in [3.63, 3.8) is 0 Å². The highest BCUT2D eigenvalue weighted by Gasteiger charge is 2.56. The maximum Gasteiger partial charge on any atom is 0.348 e. The Morgan fingerprint density at radius 3 is 0.981 bits per heavy atom. The van der Waals surface area contributed by atoms with Gasteiger partial charge in [0, 0.05) is 25.7 Å². The van der Waals surface area contributed by atoms with Crippen LogP contribution in [0.3, 0.4) is 0 Å². The summed E-state index contributed by atoms with van der Waals surface area (Å²) >= 11 is 0. The van der Waals surface area contributed by atoms with E-state index < -0.39 is 47.4 Å². The molecule has 1 aliphatic carbocycles. The van der Waals surface area contributed by atoms with Gasteiger partial charge in [0.15, 0.2) is 0 Å². The van der Waals surface area contributed by atoms with Crippen molar-refractivity contribution in [2.45, 2.75) is 37.3 Å². The van der Waals surface area contributed by atoms with Gasteiger partial charge in [-0.15, -0.1) is 0 Å². The average molecular weight is 733 g/mol. The van der Waals surface area contributed by atoms with Crippen LogP contribution >= 0.6 is 0 Å². The van der Waals surface area contributed by atoms with Crippen LogP contribution in [0, 0.1) is 0 Å². The molecule has 0 unspecified atom stereocenters. The van der Waals surface area contributed by atoms with Gasteiger partial charge in [0.05, 0.1) is 11.1 Å². The Hall–Kier alpha value is -7.22. The number of carbonyl (C=O) groups is 6. The van der Waals surface area contributed by atoms with Gasteiger partial charge in [0.25, 0.3) is 11.6 Å². The zero-order valence-electron chi connectivity index (χ0n) is 28.0. The molecule has 2 aliphatic heterocycles. The van der Waals surface area contributed by atoms with Crippen LogP contribution in [0.4, 0.5) is 0 Å². The molecule has 7 rings (SSSR count). The van der Waals surface area contributed by atoms with Gasteiger partial charge >= 0.3 is 35.8 Å². The molecule has 2 heterocycles. The molecule has 3 fully saturated rings. The van der Waals surface area contributed by atoms with Gasteiger partial charge in [-0.2, -0.15) is 0 Å². The van der Waals surface area contributed by atoms with E-state index >= 15 is 0 Å². The van der Waals surface area contributed by atoms with Crippen LogP contribution in [0.2, 0.25) is 0 Å². The van der Waals surface area contributed by atoms with Gasteiger partial charge in [-0.3, -0.25) is 0 Å². The maximum absolute atomic E-state index is 13.0. The minimum atomic E-state index is -1.64. The fourth-order valence-electron chi connectivity index (χ4n) is 5.96. The second kappa shape index (κ2) is 14.1. The van der Waals surface area contributed by atoms with E-state index in [2.05, 4.69) is 0 Å². The third-order valence-corrected chi connectivity index (χ3v) is 8.82. The SMILES string of the molecule is O=C1OC2(CCC3(CC2)OC(=O)C(=Cc2ccc(Oc4ccc(C(=O)O)cc4)cc2)C(=O)O3)OC(=O)C1=Cc1ccc(Oc2ccc(C(=O)O)cc2)cc1. The molecule has 1 saturated carbocycles. The highest BCUT2D eigenvalue weighted by Crippen LogP contribution is 2.45. The largest absolute Gasteiger partial charge is 0.478 e. The number of hydrogen-bond donors (Lipinski definition) is 2. The van der Waals surface area contributed by atoms with Gasteiger partial charge < -0.3 is 38.6 Å². The van der Waals surface area contributed by atoms with E-state index in [4.69, 9.17) is 38.6 Å². The zero-order valence-corrected chi connectivity index (χ0v) is 28.0. The van der Waals surface area contributed by atoms with E-state index in [0.29, 0.717) is 34.1 Å². The summed E-state index contributed by atoms with van der Waals surface area (Å²) in [5, 5.41) is 18.1.